The average molecular weight is 444 g/mol. The fourth-order valence-corrected chi connectivity index (χ4v) is 4.76. The zero-order valence-corrected chi connectivity index (χ0v) is 19.3. The second-order valence-corrected chi connectivity index (χ2v) is 8.92. The molecular weight excluding hydrogens is 414 g/mol. The van der Waals surface area contributed by atoms with Crippen LogP contribution in [0.3, 0.4) is 0 Å². The number of hydrogen-bond acceptors (Lipinski definition) is 6. The number of carbonyl (C=O) groups excluding carboxylic acids is 3. The Morgan fingerprint density at radius 1 is 1.03 bits per heavy atom. The molecule has 0 spiro atoms. The third kappa shape index (κ3) is 5.34. The molecule has 1 aliphatic rings. The maximum Gasteiger partial charge on any atom is 0.348 e. The van der Waals surface area contributed by atoms with Crippen LogP contribution in [-0.4, -0.2) is 30.6 Å². The lowest BCUT2D eigenvalue weighted by molar-refractivity contribution is 0.0216. The molecular formula is C24H29NO5S. The summed E-state index contributed by atoms with van der Waals surface area (Å²) < 4.78 is 10.9. The molecule has 1 saturated carbocycles. The van der Waals surface area contributed by atoms with Crippen molar-refractivity contribution in [1.29, 1.82) is 0 Å². The summed E-state index contributed by atoms with van der Waals surface area (Å²) in [6.45, 7) is 7.51. The highest BCUT2D eigenvalue weighted by Gasteiger charge is 2.29. The fourth-order valence-electron chi connectivity index (χ4n) is 3.69. The SMILES string of the molecule is CCOC(=O)c1c(NC(=O)c2ccc(C)c(C)c2)sc(C(=O)OC2CCCCC2)c1C. The van der Waals surface area contributed by atoms with E-state index in [-0.39, 0.29) is 24.2 Å². The lowest BCUT2D eigenvalue weighted by atomic mass is 9.98. The van der Waals surface area contributed by atoms with Gasteiger partial charge in [0.05, 0.1) is 12.2 Å². The van der Waals surface area contributed by atoms with E-state index in [1.54, 1.807) is 26.0 Å². The molecule has 6 nitrogen and oxygen atoms in total. The molecule has 1 heterocycles. The van der Waals surface area contributed by atoms with E-state index in [2.05, 4.69) is 5.32 Å². The first-order valence-corrected chi connectivity index (χ1v) is 11.5. The highest BCUT2D eigenvalue weighted by Crippen LogP contribution is 2.35. The molecule has 31 heavy (non-hydrogen) atoms. The van der Waals surface area contributed by atoms with Crippen molar-refractivity contribution in [3.8, 4) is 0 Å². The molecule has 0 atom stereocenters. The average Bonchev–Trinajstić information content (AvgIpc) is 3.06. The van der Waals surface area contributed by atoms with Gasteiger partial charge in [0.25, 0.3) is 5.91 Å². The third-order valence-electron chi connectivity index (χ3n) is 5.63. The van der Waals surface area contributed by atoms with Crippen LogP contribution in [0.2, 0.25) is 0 Å². The van der Waals surface area contributed by atoms with E-state index in [9.17, 15) is 14.4 Å². The van der Waals surface area contributed by atoms with Crippen molar-refractivity contribution in [2.45, 2.75) is 65.9 Å². The van der Waals surface area contributed by atoms with Crippen LogP contribution >= 0.6 is 11.3 Å². The Morgan fingerprint density at radius 3 is 2.39 bits per heavy atom. The van der Waals surface area contributed by atoms with E-state index in [1.165, 1.54) is 0 Å². The predicted octanol–water partition coefficient (Wildman–Crippen LogP) is 5.59. The second-order valence-electron chi connectivity index (χ2n) is 7.90. The number of nitrogens with one attached hydrogen (secondary N) is 1. The smallest absolute Gasteiger partial charge is 0.348 e. The Bertz CT molecular complexity index is 988. The van der Waals surface area contributed by atoms with Crippen molar-refractivity contribution in [2.75, 3.05) is 11.9 Å². The largest absolute Gasteiger partial charge is 0.462 e. The number of carbonyl (C=O) groups is 3. The number of benzene rings is 1. The molecule has 7 heteroatoms. The minimum atomic E-state index is -0.566. The summed E-state index contributed by atoms with van der Waals surface area (Å²) in [4.78, 5) is 38.6. The van der Waals surface area contributed by atoms with Crippen LogP contribution in [0.4, 0.5) is 5.00 Å². The van der Waals surface area contributed by atoms with Gasteiger partial charge < -0.3 is 14.8 Å². The van der Waals surface area contributed by atoms with E-state index in [0.29, 0.717) is 21.0 Å². The van der Waals surface area contributed by atoms with Crippen LogP contribution in [0.15, 0.2) is 18.2 Å². The zero-order valence-electron chi connectivity index (χ0n) is 18.5. The molecule has 166 valence electrons. The monoisotopic (exact) mass is 443 g/mol. The Balaban J connectivity index is 1.89. The van der Waals surface area contributed by atoms with Crippen molar-refractivity contribution in [3.05, 3.63) is 50.9 Å². The minimum Gasteiger partial charge on any atom is -0.462 e. The molecule has 1 aliphatic carbocycles. The van der Waals surface area contributed by atoms with Gasteiger partial charge in [-0.25, -0.2) is 9.59 Å². The molecule has 1 N–H and O–H groups in total. The third-order valence-corrected chi connectivity index (χ3v) is 6.82. The van der Waals surface area contributed by atoms with Crippen molar-refractivity contribution in [3.63, 3.8) is 0 Å². The number of hydrogen-bond donors (Lipinski definition) is 1. The van der Waals surface area contributed by atoms with Gasteiger partial charge in [0, 0.05) is 5.56 Å². The van der Waals surface area contributed by atoms with Crippen LogP contribution in [-0.2, 0) is 9.47 Å². The fraction of sp³-hybridized carbons (Fsp3) is 0.458. The van der Waals surface area contributed by atoms with Gasteiger partial charge in [-0.15, -0.1) is 11.3 Å². The maximum atomic E-state index is 12.8. The maximum absolute atomic E-state index is 12.8. The van der Waals surface area contributed by atoms with Crippen LogP contribution < -0.4 is 5.32 Å². The minimum absolute atomic E-state index is 0.0950. The Labute approximate surface area is 186 Å². The first-order valence-electron chi connectivity index (χ1n) is 10.7. The predicted molar refractivity (Wildman–Crippen MR) is 121 cm³/mol. The van der Waals surface area contributed by atoms with Crippen molar-refractivity contribution in [1.82, 2.24) is 0 Å². The summed E-state index contributed by atoms with van der Waals surface area (Å²) in [7, 11) is 0. The van der Waals surface area contributed by atoms with E-state index in [1.807, 2.05) is 19.9 Å². The van der Waals surface area contributed by atoms with Gasteiger partial charge in [-0.2, -0.15) is 0 Å². The van der Waals surface area contributed by atoms with Gasteiger partial charge in [-0.05, 0) is 82.2 Å². The molecule has 0 radical (unpaired) electrons. The molecule has 1 aromatic heterocycles. The number of esters is 2. The standard InChI is InChI=1S/C24H29NO5S/c1-5-29-23(27)19-16(4)20(24(28)30-18-9-7-6-8-10-18)31-22(19)25-21(26)17-12-11-14(2)15(3)13-17/h11-13,18H,5-10H2,1-4H3,(H,25,26). The molecule has 0 bridgehead atoms. The summed E-state index contributed by atoms with van der Waals surface area (Å²) in [6.07, 6.45) is 4.88. The number of rotatable bonds is 6. The Morgan fingerprint density at radius 2 is 1.74 bits per heavy atom. The number of amides is 1. The lowest BCUT2D eigenvalue weighted by Crippen LogP contribution is -2.21. The van der Waals surface area contributed by atoms with Crippen LogP contribution in [0, 0.1) is 20.8 Å². The van der Waals surface area contributed by atoms with Gasteiger partial charge in [0.15, 0.2) is 0 Å². The molecule has 0 saturated heterocycles. The van der Waals surface area contributed by atoms with E-state index in [4.69, 9.17) is 9.47 Å². The van der Waals surface area contributed by atoms with Gasteiger partial charge >= 0.3 is 11.9 Å². The molecule has 1 fully saturated rings. The molecule has 1 aromatic carbocycles. The zero-order chi connectivity index (χ0) is 22.5. The van der Waals surface area contributed by atoms with E-state index < -0.39 is 11.9 Å². The van der Waals surface area contributed by atoms with Crippen LogP contribution in [0.1, 0.15) is 86.1 Å². The number of thiophene rings is 1. The normalized spacial score (nSPS) is 14.2. The first kappa shape index (κ1) is 23.0. The quantitative estimate of drug-likeness (QED) is 0.589. The van der Waals surface area contributed by atoms with E-state index in [0.717, 1.165) is 54.6 Å². The lowest BCUT2D eigenvalue weighted by Gasteiger charge is -2.21. The summed E-state index contributed by atoms with van der Waals surface area (Å²) in [5.41, 5.74) is 3.25. The van der Waals surface area contributed by atoms with Gasteiger partial charge in [-0.1, -0.05) is 12.5 Å². The van der Waals surface area contributed by atoms with Gasteiger partial charge in [-0.3, -0.25) is 4.79 Å². The van der Waals surface area contributed by atoms with Crippen molar-refractivity contribution in [2.24, 2.45) is 0 Å². The van der Waals surface area contributed by atoms with Crippen LogP contribution in [0.25, 0.3) is 0 Å². The number of ether oxygens (including phenoxy) is 2. The van der Waals surface area contributed by atoms with E-state index >= 15 is 0 Å². The summed E-state index contributed by atoms with van der Waals surface area (Å²) in [5.74, 6) is -1.36. The summed E-state index contributed by atoms with van der Waals surface area (Å²) >= 11 is 1.06. The molecule has 3 rings (SSSR count). The van der Waals surface area contributed by atoms with Crippen molar-refractivity contribution < 1.29 is 23.9 Å². The second kappa shape index (κ2) is 10.1. The summed E-state index contributed by atoms with van der Waals surface area (Å²) in [5, 5.41) is 3.10. The van der Waals surface area contributed by atoms with Crippen LogP contribution in [0.5, 0.6) is 0 Å². The van der Waals surface area contributed by atoms with Gasteiger partial charge in [0.1, 0.15) is 16.0 Å². The first-order chi connectivity index (χ1) is 14.8. The van der Waals surface area contributed by atoms with Gasteiger partial charge in [0.2, 0.25) is 0 Å². The molecule has 1 amide bonds. The molecule has 0 aliphatic heterocycles. The molecule has 2 aromatic rings. The number of anilines is 1. The Hall–Kier alpha value is -2.67. The molecule has 0 unspecified atom stereocenters. The topological polar surface area (TPSA) is 81.7 Å². The highest BCUT2D eigenvalue weighted by molar-refractivity contribution is 7.18. The highest BCUT2D eigenvalue weighted by atomic mass is 32.1. The summed E-state index contributed by atoms with van der Waals surface area (Å²) in [6, 6.07) is 5.41. The number of aryl methyl sites for hydroxylation is 2. The Kier molecular flexibility index (Phi) is 7.49. The van der Waals surface area contributed by atoms with Crippen molar-refractivity contribution >= 4 is 34.2 Å².